The van der Waals surface area contributed by atoms with Gasteiger partial charge in [-0.15, -0.1) is 0 Å². The van der Waals surface area contributed by atoms with Crippen LogP contribution in [0.1, 0.15) is 55.7 Å². The van der Waals surface area contributed by atoms with E-state index in [2.05, 4.69) is 43.0 Å². The second kappa shape index (κ2) is 8.44. The second-order valence-electron chi connectivity index (χ2n) is 8.27. The molecular formula is C23H29N5O2. The zero-order chi connectivity index (χ0) is 21.3. The van der Waals surface area contributed by atoms with Gasteiger partial charge in [-0.05, 0) is 50.1 Å². The molecule has 2 aromatic heterocycles. The Kier molecular flexibility index (Phi) is 5.72. The van der Waals surface area contributed by atoms with Gasteiger partial charge in [0.25, 0.3) is 5.91 Å². The number of nitrogens with zero attached hydrogens (tertiary/aromatic N) is 4. The van der Waals surface area contributed by atoms with Gasteiger partial charge in [-0.2, -0.15) is 5.10 Å². The maximum absolute atomic E-state index is 13.2. The van der Waals surface area contributed by atoms with Crippen molar-refractivity contribution >= 4 is 28.3 Å². The van der Waals surface area contributed by atoms with Gasteiger partial charge < -0.3 is 15.0 Å². The molecule has 1 aliphatic rings. The van der Waals surface area contributed by atoms with Crippen LogP contribution in [0.2, 0.25) is 0 Å². The predicted molar refractivity (Wildman–Crippen MR) is 119 cm³/mol. The number of fused-ring (bicyclic) bond motifs is 1. The van der Waals surface area contributed by atoms with Crippen molar-refractivity contribution in [2.75, 3.05) is 36.5 Å². The average molecular weight is 408 g/mol. The molecule has 1 aliphatic heterocycles. The lowest BCUT2D eigenvalue weighted by Gasteiger charge is -2.28. The molecule has 7 heteroatoms. The molecule has 0 aliphatic carbocycles. The lowest BCUT2D eigenvalue weighted by atomic mass is 10.0. The molecule has 1 amide bonds. The van der Waals surface area contributed by atoms with Crippen LogP contribution in [-0.2, 0) is 4.74 Å². The number of ether oxygens (including phenoxy) is 1. The topological polar surface area (TPSA) is 72.3 Å². The molecule has 0 bridgehead atoms. The Labute approximate surface area is 177 Å². The fourth-order valence-corrected chi connectivity index (χ4v) is 3.67. The van der Waals surface area contributed by atoms with Crippen LogP contribution in [0.15, 0.2) is 36.5 Å². The van der Waals surface area contributed by atoms with E-state index in [1.807, 2.05) is 35.0 Å². The summed E-state index contributed by atoms with van der Waals surface area (Å²) >= 11 is 0. The summed E-state index contributed by atoms with van der Waals surface area (Å²) in [5.74, 6) is 0.0657. The Morgan fingerprint density at radius 2 is 1.80 bits per heavy atom. The van der Waals surface area contributed by atoms with E-state index >= 15 is 0 Å². The van der Waals surface area contributed by atoms with Crippen LogP contribution in [0.25, 0.3) is 11.0 Å². The van der Waals surface area contributed by atoms with Crippen LogP contribution in [0.5, 0.6) is 0 Å². The van der Waals surface area contributed by atoms with E-state index in [-0.39, 0.29) is 17.9 Å². The molecule has 158 valence electrons. The lowest BCUT2D eigenvalue weighted by Crippen LogP contribution is -2.36. The Bertz CT molecular complexity index is 1030. The molecule has 1 fully saturated rings. The molecule has 4 rings (SSSR count). The van der Waals surface area contributed by atoms with Crippen molar-refractivity contribution in [3.8, 4) is 0 Å². The third-order valence-corrected chi connectivity index (χ3v) is 5.41. The standard InChI is InChI=1S/C23H29N5O2/c1-15(2)21-13-19(20-14-24-28(16(3)4)22(20)26-21)23(29)25-17-5-7-18(8-6-17)27-9-11-30-12-10-27/h5-8,13-16H,9-12H2,1-4H3,(H,25,29). The highest BCUT2D eigenvalue weighted by Crippen LogP contribution is 2.26. The number of rotatable bonds is 5. The predicted octanol–water partition coefficient (Wildman–Crippen LogP) is 4.22. The summed E-state index contributed by atoms with van der Waals surface area (Å²) in [4.78, 5) is 20.2. The van der Waals surface area contributed by atoms with E-state index in [1.165, 1.54) is 0 Å². The summed E-state index contributed by atoms with van der Waals surface area (Å²) in [6.07, 6.45) is 1.74. The summed E-state index contributed by atoms with van der Waals surface area (Å²) < 4.78 is 7.28. The highest BCUT2D eigenvalue weighted by Gasteiger charge is 2.19. The molecule has 3 aromatic rings. The number of hydrogen-bond acceptors (Lipinski definition) is 5. The van der Waals surface area contributed by atoms with Gasteiger partial charge >= 0.3 is 0 Å². The smallest absolute Gasteiger partial charge is 0.256 e. The number of anilines is 2. The number of amides is 1. The Hall–Kier alpha value is -2.93. The fourth-order valence-electron chi connectivity index (χ4n) is 3.67. The van der Waals surface area contributed by atoms with Crippen LogP contribution >= 0.6 is 0 Å². The average Bonchev–Trinajstić information content (AvgIpc) is 3.18. The molecule has 1 N–H and O–H groups in total. The number of morpholine rings is 1. The van der Waals surface area contributed by atoms with E-state index in [0.717, 1.165) is 54.4 Å². The maximum Gasteiger partial charge on any atom is 0.256 e. The first-order valence-corrected chi connectivity index (χ1v) is 10.6. The molecule has 1 aromatic carbocycles. The molecule has 7 nitrogen and oxygen atoms in total. The minimum absolute atomic E-state index is 0.147. The summed E-state index contributed by atoms with van der Waals surface area (Å²) in [7, 11) is 0. The summed E-state index contributed by atoms with van der Waals surface area (Å²) in [6.45, 7) is 11.6. The van der Waals surface area contributed by atoms with Crippen molar-refractivity contribution < 1.29 is 9.53 Å². The van der Waals surface area contributed by atoms with E-state index < -0.39 is 0 Å². The molecule has 30 heavy (non-hydrogen) atoms. The highest BCUT2D eigenvalue weighted by atomic mass is 16.5. The maximum atomic E-state index is 13.2. The number of hydrogen-bond donors (Lipinski definition) is 1. The van der Waals surface area contributed by atoms with Crippen LogP contribution in [0.4, 0.5) is 11.4 Å². The Morgan fingerprint density at radius 3 is 2.43 bits per heavy atom. The second-order valence-corrected chi connectivity index (χ2v) is 8.27. The number of benzene rings is 1. The van der Waals surface area contributed by atoms with Crippen molar-refractivity contribution in [2.24, 2.45) is 0 Å². The van der Waals surface area contributed by atoms with Crippen molar-refractivity contribution in [1.29, 1.82) is 0 Å². The molecule has 0 saturated carbocycles. The number of pyridine rings is 1. The molecule has 3 heterocycles. The molecular weight excluding hydrogens is 378 g/mol. The van der Waals surface area contributed by atoms with Crippen molar-refractivity contribution in [3.05, 3.63) is 47.8 Å². The monoisotopic (exact) mass is 407 g/mol. The quantitative estimate of drug-likeness (QED) is 0.685. The largest absolute Gasteiger partial charge is 0.378 e. The van der Waals surface area contributed by atoms with Gasteiger partial charge in [0.05, 0.1) is 30.4 Å². The first-order valence-electron chi connectivity index (χ1n) is 10.6. The van der Waals surface area contributed by atoms with Crippen LogP contribution in [0.3, 0.4) is 0 Å². The van der Waals surface area contributed by atoms with Crippen molar-refractivity contribution in [2.45, 2.75) is 39.7 Å². The number of carbonyl (C=O) groups is 1. The Morgan fingerprint density at radius 1 is 1.10 bits per heavy atom. The van der Waals surface area contributed by atoms with E-state index in [1.54, 1.807) is 6.20 Å². The summed E-state index contributed by atoms with van der Waals surface area (Å²) in [5.41, 5.74) is 4.15. The molecule has 0 spiro atoms. The normalized spacial score (nSPS) is 14.7. The number of aromatic nitrogens is 3. The minimum atomic E-state index is -0.147. The van der Waals surface area contributed by atoms with Crippen molar-refractivity contribution in [3.63, 3.8) is 0 Å². The van der Waals surface area contributed by atoms with Gasteiger partial charge in [0.1, 0.15) is 0 Å². The first kappa shape index (κ1) is 20.3. The molecule has 1 saturated heterocycles. The van der Waals surface area contributed by atoms with Gasteiger partial charge in [-0.25, -0.2) is 9.67 Å². The molecule has 0 unspecified atom stereocenters. The summed E-state index contributed by atoms with van der Waals surface area (Å²) in [5, 5.41) is 8.28. The highest BCUT2D eigenvalue weighted by molar-refractivity contribution is 6.12. The lowest BCUT2D eigenvalue weighted by molar-refractivity contribution is 0.102. The number of carbonyl (C=O) groups excluding carboxylic acids is 1. The third-order valence-electron chi connectivity index (χ3n) is 5.41. The summed E-state index contributed by atoms with van der Waals surface area (Å²) in [6, 6.07) is 10.0. The molecule has 0 radical (unpaired) electrons. The zero-order valence-corrected chi connectivity index (χ0v) is 18.1. The first-order chi connectivity index (χ1) is 14.4. The van der Waals surface area contributed by atoms with Gasteiger partial charge in [-0.1, -0.05) is 13.8 Å². The van der Waals surface area contributed by atoms with E-state index in [4.69, 9.17) is 9.72 Å². The number of nitrogens with one attached hydrogen (secondary N) is 1. The van der Waals surface area contributed by atoms with Gasteiger partial charge in [0, 0.05) is 36.2 Å². The van der Waals surface area contributed by atoms with Gasteiger partial charge in [0.15, 0.2) is 5.65 Å². The SMILES string of the molecule is CC(C)c1cc(C(=O)Nc2ccc(N3CCOCC3)cc2)c2cnn(C(C)C)c2n1. The Balaban J connectivity index is 1.61. The minimum Gasteiger partial charge on any atom is -0.378 e. The van der Waals surface area contributed by atoms with Gasteiger partial charge in [-0.3, -0.25) is 4.79 Å². The molecule has 0 atom stereocenters. The third kappa shape index (κ3) is 4.03. The van der Waals surface area contributed by atoms with Gasteiger partial charge in [0.2, 0.25) is 0 Å². The van der Waals surface area contributed by atoms with Crippen LogP contribution in [0, 0.1) is 0 Å². The zero-order valence-electron chi connectivity index (χ0n) is 18.1. The van der Waals surface area contributed by atoms with Crippen molar-refractivity contribution in [1.82, 2.24) is 14.8 Å². The van der Waals surface area contributed by atoms with Crippen LogP contribution < -0.4 is 10.2 Å². The fraction of sp³-hybridized carbons (Fsp3) is 0.435. The van der Waals surface area contributed by atoms with Crippen LogP contribution in [-0.4, -0.2) is 47.0 Å². The van der Waals surface area contributed by atoms with E-state index in [9.17, 15) is 4.79 Å². The van der Waals surface area contributed by atoms with E-state index in [0.29, 0.717) is 5.56 Å².